The molecule has 2 amide bonds. The first-order valence-corrected chi connectivity index (χ1v) is 12.7. The molecular weight excluding hydrogens is 482 g/mol. The van der Waals surface area contributed by atoms with Gasteiger partial charge in [-0.1, -0.05) is 85.3 Å². The van der Waals surface area contributed by atoms with Crippen molar-refractivity contribution in [3.05, 3.63) is 119 Å². The van der Waals surface area contributed by atoms with Gasteiger partial charge in [0.05, 0.1) is 10.6 Å². The van der Waals surface area contributed by atoms with Gasteiger partial charge in [0.2, 0.25) is 0 Å². The highest BCUT2D eigenvalue weighted by Crippen LogP contribution is 2.28. The SMILES string of the molecule is CCNCCN(C(=O)c1ccc(NC(=O)c2ccccc2-c2ccccc2)cc1Cl)c1ccccc1C. The van der Waals surface area contributed by atoms with Gasteiger partial charge in [0.1, 0.15) is 0 Å². The number of nitrogens with zero attached hydrogens (tertiary/aromatic N) is 1. The molecule has 188 valence electrons. The molecule has 4 aromatic carbocycles. The van der Waals surface area contributed by atoms with Crippen molar-refractivity contribution in [2.75, 3.05) is 29.9 Å². The van der Waals surface area contributed by atoms with Crippen LogP contribution in [0.1, 0.15) is 33.2 Å². The van der Waals surface area contributed by atoms with Gasteiger partial charge in [0.25, 0.3) is 11.8 Å². The molecule has 0 bridgehead atoms. The lowest BCUT2D eigenvalue weighted by atomic mass is 9.99. The van der Waals surface area contributed by atoms with Gasteiger partial charge >= 0.3 is 0 Å². The average molecular weight is 512 g/mol. The fraction of sp³-hybridized carbons (Fsp3) is 0.161. The van der Waals surface area contributed by atoms with Gasteiger partial charge in [-0.05, 0) is 60.5 Å². The molecule has 0 radical (unpaired) electrons. The van der Waals surface area contributed by atoms with E-state index >= 15 is 0 Å². The molecule has 0 aliphatic rings. The van der Waals surface area contributed by atoms with E-state index in [2.05, 4.69) is 10.6 Å². The zero-order valence-electron chi connectivity index (χ0n) is 21.0. The number of hydrogen-bond acceptors (Lipinski definition) is 3. The zero-order valence-corrected chi connectivity index (χ0v) is 21.8. The van der Waals surface area contributed by atoms with Crippen LogP contribution in [-0.2, 0) is 0 Å². The van der Waals surface area contributed by atoms with Gasteiger partial charge in [-0.3, -0.25) is 9.59 Å². The van der Waals surface area contributed by atoms with Crippen LogP contribution in [0.3, 0.4) is 0 Å². The minimum absolute atomic E-state index is 0.190. The number of carbonyl (C=O) groups is 2. The van der Waals surface area contributed by atoms with Crippen LogP contribution >= 0.6 is 11.6 Å². The molecular formula is C31H30ClN3O2. The van der Waals surface area contributed by atoms with Crippen LogP contribution in [0.5, 0.6) is 0 Å². The Morgan fingerprint density at radius 2 is 1.54 bits per heavy atom. The Hall–Kier alpha value is -3.93. The third-order valence-corrected chi connectivity index (χ3v) is 6.44. The van der Waals surface area contributed by atoms with E-state index in [4.69, 9.17) is 11.6 Å². The molecule has 6 heteroatoms. The molecule has 4 aromatic rings. The number of benzene rings is 4. The fourth-order valence-electron chi connectivity index (χ4n) is 4.23. The van der Waals surface area contributed by atoms with Crippen molar-refractivity contribution in [1.82, 2.24) is 5.32 Å². The molecule has 2 N–H and O–H groups in total. The highest BCUT2D eigenvalue weighted by molar-refractivity contribution is 6.35. The first-order chi connectivity index (χ1) is 18.0. The Kier molecular flexibility index (Phi) is 8.72. The van der Waals surface area contributed by atoms with Crippen LogP contribution in [-0.4, -0.2) is 31.4 Å². The number of amides is 2. The smallest absolute Gasteiger partial charge is 0.259 e. The molecule has 0 aliphatic carbocycles. The molecule has 4 rings (SSSR count). The first-order valence-electron chi connectivity index (χ1n) is 12.3. The average Bonchev–Trinajstić information content (AvgIpc) is 2.92. The minimum Gasteiger partial charge on any atom is -0.322 e. The summed E-state index contributed by atoms with van der Waals surface area (Å²) in [5.41, 5.74) is 5.10. The summed E-state index contributed by atoms with van der Waals surface area (Å²) in [6.45, 7) is 5.99. The Labute approximate surface area is 223 Å². The molecule has 0 atom stereocenters. The summed E-state index contributed by atoms with van der Waals surface area (Å²) in [6, 6.07) is 30.0. The predicted octanol–water partition coefficient (Wildman–Crippen LogP) is 6.82. The summed E-state index contributed by atoms with van der Waals surface area (Å²) in [5.74, 6) is -0.439. The number of rotatable bonds is 9. The van der Waals surface area contributed by atoms with Crippen molar-refractivity contribution in [2.45, 2.75) is 13.8 Å². The fourth-order valence-corrected chi connectivity index (χ4v) is 4.49. The van der Waals surface area contributed by atoms with E-state index in [-0.39, 0.29) is 16.8 Å². The van der Waals surface area contributed by atoms with Crippen LogP contribution < -0.4 is 15.5 Å². The van der Waals surface area contributed by atoms with Gasteiger partial charge < -0.3 is 15.5 Å². The summed E-state index contributed by atoms with van der Waals surface area (Å²) in [5, 5.41) is 6.48. The largest absolute Gasteiger partial charge is 0.322 e. The number of aryl methyl sites for hydroxylation is 1. The predicted molar refractivity (Wildman–Crippen MR) is 153 cm³/mol. The lowest BCUT2D eigenvalue weighted by Crippen LogP contribution is -2.37. The third kappa shape index (κ3) is 6.26. The first kappa shape index (κ1) is 26.1. The molecule has 0 aromatic heterocycles. The number of anilines is 2. The summed E-state index contributed by atoms with van der Waals surface area (Å²) >= 11 is 6.60. The molecule has 37 heavy (non-hydrogen) atoms. The van der Waals surface area contributed by atoms with Gasteiger partial charge in [-0.25, -0.2) is 0 Å². The van der Waals surface area contributed by atoms with E-state index in [0.717, 1.165) is 28.9 Å². The number of para-hydroxylation sites is 1. The van der Waals surface area contributed by atoms with E-state index in [1.165, 1.54) is 0 Å². The highest BCUT2D eigenvalue weighted by Gasteiger charge is 2.22. The number of halogens is 1. The normalized spacial score (nSPS) is 10.7. The molecule has 0 fully saturated rings. The molecule has 0 heterocycles. The summed E-state index contributed by atoms with van der Waals surface area (Å²) < 4.78 is 0. The number of carbonyl (C=O) groups excluding carboxylic acids is 2. The summed E-state index contributed by atoms with van der Waals surface area (Å²) in [4.78, 5) is 28.5. The molecule has 0 saturated carbocycles. The van der Waals surface area contributed by atoms with Gasteiger partial charge in [-0.2, -0.15) is 0 Å². The molecule has 0 unspecified atom stereocenters. The monoisotopic (exact) mass is 511 g/mol. The maximum absolute atomic E-state index is 13.6. The van der Waals surface area contributed by atoms with Crippen molar-refractivity contribution >= 4 is 34.8 Å². The maximum atomic E-state index is 13.6. The number of hydrogen-bond donors (Lipinski definition) is 2. The second-order valence-electron chi connectivity index (χ2n) is 8.66. The second kappa shape index (κ2) is 12.3. The van der Waals surface area contributed by atoms with Crippen LogP contribution in [0.25, 0.3) is 11.1 Å². The minimum atomic E-state index is -0.248. The van der Waals surface area contributed by atoms with E-state index < -0.39 is 0 Å². The summed E-state index contributed by atoms with van der Waals surface area (Å²) in [7, 11) is 0. The Morgan fingerprint density at radius 3 is 2.27 bits per heavy atom. The Balaban J connectivity index is 1.57. The van der Waals surface area contributed by atoms with Crippen molar-refractivity contribution in [1.29, 1.82) is 0 Å². The maximum Gasteiger partial charge on any atom is 0.259 e. The molecule has 0 aliphatic heterocycles. The van der Waals surface area contributed by atoms with Crippen molar-refractivity contribution < 1.29 is 9.59 Å². The van der Waals surface area contributed by atoms with Crippen molar-refractivity contribution in [2.24, 2.45) is 0 Å². The lowest BCUT2D eigenvalue weighted by Gasteiger charge is -2.25. The van der Waals surface area contributed by atoms with Crippen LogP contribution in [0, 0.1) is 6.92 Å². The highest BCUT2D eigenvalue weighted by atomic mass is 35.5. The number of likely N-dealkylation sites (N-methyl/N-ethyl adjacent to an activating group) is 1. The van der Waals surface area contributed by atoms with E-state index in [1.807, 2.05) is 86.6 Å². The third-order valence-electron chi connectivity index (χ3n) is 6.13. The van der Waals surface area contributed by atoms with Crippen molar-refractivity contribution in [3.8, 4) is 11.1 Å². The molecule has 0 spiro atoms. The quantitative estimate of drug-likeness (QED) is 0.242. The van der Waals surface area contributed by atoms with Gasteiger partial charge in [0, 0.05) is 30.0 Å². The van der Waals surface area contributed by atoms with E-state index in [1.54, 1.807) is 29.2 Å². The number of nitrogens with one attached hydrogen (secondary N) is 2. The second-order valence-corrected chi connectivity index (χ2v) is 9.06. The Morgan fingerprint density at radius 1 is 0.838 bits per heavy atom. The van der Waals surface area contributed by atoms with Gasteiger partial charge in [-0.15, -0.1) is 0 Å². The van der Waals surface area contributed by atoms with Crippen LogP contribution in [0.15, 0.2) is 97.1 Å². The zero-order chi connectivity index (χ0) is 26.2. The van der Waals surface area contributed by atoms with E-state index in [0.29, 0.717) is 29.9 Å². The van der Waals surface area contributed by atoms with Gasteiger partial charge in [0.15, 0.2) is 0 Å². The van der Waals surface area contributed by atoms with E-state index in [9.17, 15) is 9.59 Å². The molecule has 5 nitrogen and oxygen atoms in total. The topological polar surface area (TPSA) is 61.4 Å². The van der Waals surface area contributed by atoms with Crippen molar-refractivity contribution in [3.63, 3.8) is 0 Å². The Bertz CT molecular complexity index is 1390. The summed E-state index contributed by atoms with van der Waals surface area (Å²) in [6.07, 6.45) is 0. The lowest BCUT2D eigenvalue weighted by molar-refractivity contribution is 0.0986. The standard InChI is InChI=1S/C31H30ClN3O2/c1-3-33-19-20-35(29-16-10-7-11-22(29)2)31(37)27-18-17-24(21-28(27)32)34-30(36)26-15-9-8-14-25(26)23-12-5-4-6-13-23/h4-18,21,33H,3,19-20H2,1-2H3,(H,34,36). The van der Waals surface area contributed by atoms with Crippen LogP contribution in [0.4, 0.5) is 11.4 Å². The molecule has 0 saturated heterocycles. The van der Waals surface area contributed by atoms with Crippen LogP contribution in [0.2, 0.25) is 5.02 Å².